The number of halogens is 1. The van der Waals surface area contributed by atoms with Crippen molar-refractivity contribution in [3.8, 4) is 0 Å². The Kier molecular flexibility index (Phi) is 3.42. The van der Waals surface area contributed by atoms with Crippen molar-refractivity contribution in [3.63, 3.8) is 0 Å². The first-order chi connectivity index (χ1) is 8.72. The van der Waals surface area contributed by atoms with Crippen LogP contribution >= 0.6 is 0 Å². The fourth-order valence-corrected chi connectivity index (χ4v) is 4.59. The third kappa shape index (κ3) is 2.46. The number of benzene rings is 2. The van der Waals surface area contributed by atoms with Gasteiger partial charge in [0.1, 0.15) is 0 Å². The monoisotopic (exact) mass is 349 g/mol. The number of aryl methyl sites for hydroxylation is 2. The van der Waals surface area contributed by atoms with Crippen LogP contribution in [0.5, 0.6) is 0 Å². The van der Waals surface area contributed by atoms with Gasteiger partial charge in [0, 0.05) is 0 Å². The standard InChI is InChI=1S/C17H18I/c1-12(2)13-5-8-16(9-6-13)18-17-10-7-14-3-4-15(14)11-17/h5-12H,3-4H2,1-2H3/q+1. The molecule has 1 aliphatic carbocycles. The molecular formula is C17H18I+. The van der Waals surface area contributed by atoms with Gasteiger partial charge in [-0.15, -0.1) is 0 Å². The van der Waals surface area contributed by atoms with Gasteiger partial charge in [0.2, 0.25) is 0 Å². The second kappa shape index (κ2) is 5.04. The molecule has 0 N–H and O–H groups in total. The van der Waals surface area contributed by atoms with Crippen molar-refractivity contribution < 1.29 is 21.2 Å². The third-order valence-electron chi connectivity index (χ3n) is 3.59. The van der Waals surface area contributed by atoms with E-state index in [1.54, 1.807) is 14.7 Å². The average Bonchev–Trinajstić information content (AvgIpc) is 2.33. The zero-order valence-corrected chi connectivity index (χ0v) is 13.1. The summed E-state index contributed by atoms with van der Waals surface area (Å²) in [6, 6.07) is 16.3. The van der Waals surface area contributed by atoms with Crippen molar-refractivity contribution in [1.29, 1.82) is 0 Å². The molecular weight excluding hydrogens is 331 g/mol. The molecule has 0 spiro atoms. The predicted octanol–water partition coefficient (Wildman–Crippen LogP) is 1.04. The Labute approximate surface area is 120 Å². The van der Waals surface area contributed by atoms with Crippen LogP contribution in [0.15, 0.2) is 42.5 Å². The molecule has 0 bridgehead atoms. The molecule has 0 saturated heterocycles. The zero-order chi connectivity index (χ0) is 12.5. The van der Waals surface area contributed by atoms with Gasteiger partial charge in [-0.25, -0.2) is 0 Å². The molecule has 0 aromatic heterocycles. The van der Waals surface area contributed by atoms with Gasteiger partial charge >= 0.3 is 21.2 Å². The minimum atomic E-state index is 0.000407. The quantitative estimate of drug-likeness (QED) is 0.727. The lowest BCUT2D eigenvalue weighted by Gasteiger charge is -2.16. The van der Waals surface area contributed by atoms with Crippen LogP contribution in [0.3, 0.4) is 0 Å². The van der Waals surface area contributed by atoms with E-state index in [0.717, 1.165) is 0 Å². The normalized spacial score (nSPS) is 13.3. The van der Waals surface area contributed by atoms with Crippen LogP contribution < -0.4 is 21.2 Å². The van der Waals surface area contributed by atoms with E-state index in [2.05, 4.69) is 56.3 Å². The summed E-state index contributed by atoms with van der Waals surface area (Å²) >= 11 is 0.000407. The lowest BCUT2D eigenvalue weighted by molar-refractivity contribution is -0.597. The number of fused-ring (bicyclic) bond motifs is 1. The highest BCUT2D eigenvalue weighted by molar-refractivity contribution is 5.34. The van der Waals surface area contributed by atoms with E-state index in [1.165, 1.54) is 22.0 Å². The van der Waals surface area contributed by atoms with Crippen LogP contribution in [0.4, 0.5) is 0 Å². The van der Waals surface area contributed by atoms with E-state index in [4.69, 9.17) is 0 Å². The van der Waals surface area contributed by atoms with E-state index in [-0.39, 0.29) is 21.2 Å². The Hall–Kier alpha value is -0.830. The van der Waals surface area contributed by atoms with Crippen LogP contribution in [-0.2, 0) is 12.8 Å². The van der Waals surface area contributed by atoms with Crippen molar-refractivity contribution >= 4 is 0 Å². The summed E-state index contributed by atoms with van der Waals surface area (Å²) in [5, 5.41) is 0. The molecule has 2 aromatic rings. The Morgan fingerprint density at radius 2 is 1.50 bits per heavy atom. The molecule has 0 atom stereocenters. The van der Waals surface area contributed by atoms with Crippen molar-refractivity contribution in [1.82, 2.24) is 0 Å². The molecule has 0 nitrogen and oxygen atoms in total. The first-order valence-electron chi connectivity index (χ1n) is 6.59. The number of rotatable bonds is 3. The summed E-state index contributed by atoms with van der Waals surface area (Å²) in [6.07, 6.45) is 2.58. The Morgan fingerprint density at radius 3 is 2.06 bits per heavy atom. The van der Waals surface area contributed by atoms with E-state index in [0.29, 0.717) is 5.92 Å². The first-order valence-corrected chi connectivity index (χ1v) is 8.75. The van der Waals surface area contributed by atoms with Gasteiger partial charge < -0.3 is 0 Å². The van der Waals surface area contributed by atoms with Gasteiger partial charge in [-0.3, -0.25) is 0 Å². The van der Waals surface area contributed by atoms with Crippen molar-refractivity contribution in [2.24, 2.45) is 0 Å². The van der Waals surface area contributed by atoms with Crippen LogP contribution in [0.2, 0.25) is 0 Å². The van der Waals surface area contributed by atoms with Gasteiger partial charge in [-0.1, -0.05) is 32.0 Å². The SMILES string of the molecule is CC(C)c1ccc([I+]c2ccc3c(c2)CC3)cc1. The van der Waals surface area contributed by atoms with Crippen molar-refractivity contribution in [2.75, 3.05) is 0 Å². The highest BCUT2D eigenvalue weighted by Gasteiger charge is 2.20. The third-order valence-corrected chi connectivity index (χ3v) is 6.22. The maximum atomic E-state index is 2.43. The largest absolute Gasteiger partial charge is 0.357 e. The summed E-state index contributed by atoms with van der Waals surface area (Å²) in [7, 11) is 0. The second-order valence-corrected chi connectivity index (χ2v) is 8.24. The number of hydrogen-bond donors (Lipinski definition) is 0. The molecule has 0 saturated carbocycles. The van der Waals surface area contributed by atoms with Gasteiger partial charge in [0.25, 0.3) is 0 Å². The Balaban J connectivity index is 1.77. The van der Waals surface area contributed by atoms with Gasteiger partial charge in [0.05, 0.1) is 0 Å². The fraction of sp³-hybridized carbons (Fsp3) is 0.294. The molecule has 1 aliphatic rings. The molecule has 0 radical (unpaired) electrons. The molecule has 1 heteroatoms. The highest BCUT2D eigenvalue weighted by Crippen LogP contribution is 2.21. The molecule has 0 amide bonds. The van der Waals surface area contributed by atoms with Crippen LogP contribution in [0.25, 0.3) is 0 Å². The topological polar surface area (TPSA) is 0 Å². The summed E-state index contributed by atoms with van der Waals surface area (Å²) in [5.41, 5.74) is 4.60. The minimum Gasteiger partial charge on any atom is -0.0587 e. The molecule has 2 aromatic carbocycles. The summed E-state index contributed by atoms with van der Waals surface area (Å²) < 4.78 is 3.09. The second-order valence-electron chi connectivity index (χ2n) is 5.21. The maximum absolute atomic E-state index is 2.43. The highest BCUT2D eigenvalue weighted by atomic mass is 127. The number of hydrogen-bond acceptors (Lipinski definition) is 0. The zero-order valence-electron chi connectivity index (χ0n) is 10.9. The summed E-state index contributed by atoms with van der Waals surface area (Å²) in [6.45, 7) is 4.50. The van der Waals surface area contributed by atoms with Gasteiger partial charge in [-0.2, -0.15) is 0 Å². The van der Waals surface area contributed by atoms with Crippen LogP contribution in [-0.4, -0.2) is 0 Å². The summed E-state index contributed by atoms with van der Waals surface area (Å²) in [5.74, 6) is 0.633. The van der Waals surface area contributed by atoms with Gasteiger partial charge in [-0.05, 0) is 59.7 Å². The van der Waals surface area contributed by atoms with Crippen LogP contribution in [0.1, 0.15) is 36.5 Å². The van der Waals surface area contributed by atoms with Crippen molar-refractivity contribution in [3.05, 3.63) is 66.3 Å². The Morgan fingerprint density at radius 1 is 0.833 bits per heavy atom. The smallest absolute Gasteiger partial charge is 0.0587 e. The van der Waals surface area contributed by atoms with E-state index < -0.39 is 0 Å². The first kappa shape index (κ1) is 12.2. The predicted molar refractivity (Wildman–Crippen MR) is 71.8 cm³/mol. The minimum absolute atomic E-state index is 0.000407. The van der Waals surface area contributed by atoms with E-state index >= 15 is 0 Å². The van der Waals surface area contributed by atoms with Crippen molar-refractivity contribution in [2.45, 2.75) is 32.6 Å². The average molecular weight is 349 g/mol. The molecule has 0 aliphatic heterocycles. The molecule has 3 rings (SSSR count). The molecule has 0 fully saturated rings. The van der Waals surface area contributed by atoms with Crippen LogP contribution in [0, 0.1) is 7.14 Å². The fourth-order valence-electron chi connectivity index (χ4n) is 2.26. The van der Waals surface area contributed by atoms with E-state index in [1.807, 2.05) is 0 Å². The maximum Gasteiger partial charge on any atom is 0.357 e. The molecule has 92 valence electrons. The molecule has 0 heterocycles. The molecule has 18 heavy (non-hydrogen) atoms. The Bertz CT molecular complexity index is 552. The molecule has 0 unspecified atom stereocenters. The lowest BCUT2D eigenvalue weighted by atomic mass is 9.89. The lowest BCUT2D eigenvalue weighted by Crippen LogP contribution is -3.61. The van der Waals surface area contributed by atoms with Gasteiger partial charge in [0.15, 0.2) is 7.14 Å². The summed E-state index contributed by atoms with van der Waals surface area (Å²) in [4.78, 5) is 0. The van der Waals surface area contributed by atoms with E-state index in [9.17, 15) is 0 Å².